The number of nitrogens with one attached hydrogen (secondary N) is 1. The number of aromatic nitrogens is 4. The maximum atomic E-state index is 11.6. The summed E-state index contributed by atoms with van der Waals surface area (Å²) in [5.74, 6) is 0.550. The largest absolute Gasteiger partial charge is 0.347 e. The average Bonchev–Trinajstić information content (AvgIpc) is 3.10. The molecule has 7 heteroatoms. The molecular formula is C19H17N5OS. The molecule has 1 N–H and O–H groups in total. The van der Waals surface area contributed by atoms with Crippen LogP contribution < -0.4 is 5.32 Å². The SMILES string of the molecule is CS(=O)c1ccc(-c2cccn3nc(NCc4ccccn4)nc23)cc1. The molecule has 4 aromatic rings. The fraction of sp³-hybridized carbons (Fsp3) is 0.105. The van der Waals surface area contributed by atoms with Gasteiger partial charge in [-0.15, -0.1) is 5.10 Å². The maximum Gasteiger partial charge on any atom is 0.243 e. The van der Waals surface area contributed by atoms with Gasteiger partial charge in [-0.3, -0.25) is 9.19 Å². The van der Waals surface area contributed by atoms with Gasteiger partial charge in [-0.25, -0.2) is 4.52 Å². The highest BCUT2D eigenvalue weighted by atomic mass is 32.2. The summed E-state index contributed by atoms with van der Waals surface area (Å²) < 4.78 is 13.3. The van der Waals surface area contributed by atoms with E-state index in [2.05, 4.69) is 20.4 Å². The average molecular weight is 363 g/mol. The first kappa shape index (κ1) is 16.4. The van der Waals surface area contributed by atoms with Crippen LogP contribution in [0, 0.1) is 0 Å². The molecule has 0 saturated carbocycles. The fourth-order valence-corrected chi connectivity index (χ4v) is 3.22. The zero-order valence-corrected chi connectivity index (χ0v) is 15.0. The molecule has 0 spiro atoms. The van der Waals surface area contributed by atoms with Crippen LogP contribution in [0.5, 0.6) is 0 Å². The molecular weight excluding hydrogens is 346 g/mol. The van der Waals surface area contributed by atoms with E-state index in [1.54, 1.807) is 17.0 Å². The monoisotopic (exact) mass is 363 g/mol. The molecule has 3 heterocycles. The maximum absolute atomic E-state index is 11.6. The summed E-state index contributed by atoms with van der Waals surface area (Å²) >= 11 is 0. The Morgan fingerprint density at radius 1 is 1.08 bits per heavy atom. The van der Waals surface area contributed by atoms with Crippen LogP contribution in [-0.4, -0.2) is 30.0 Å². The molecule has 0 aliphatic rings. The first-order chi connectivity index (χ1) is 12.7. The lowest BCUT2D eigenvalue weighted by atomic mass is 10.1. The molecule has 0 aliphatic carbocycles. The zero-order valence-electron chi connectivity index (χ0n) is 14.2. The Bertz CT molecular complexity index is 1060. The van der Waals surface area contributed by atoms with Crippen molar-refractivity contribution in [2.75, 3.05) is 11.6 Å². The minimum absolute atomic E-state index is 0.550. The van der Waals surface area contributed by atoms with E-state index in [4.69, 9.17) is 0 Å². The second kappa shape index (κ2) is 7.05. The topological polar surface area (TPSA) is 72.2 Å². The second-order valence-corrected chi connectivity index (χ2v) is 7.16. The summed E-state index contributed by atoms with van der Waals surface area (Å²) in [5.41, 5.74) is 3.67. The van der Waals surface area contributed by atoms with Gasteiger partial charge in [0.05, 0.1) is 12.2 Å². The summed E-state index contributed by atoms with van der Waals surface area (Å²) in [6, 6.07) is 17.4. The van der Waals surface area contributed by atoms with E-state index in [0.29, 0.717) is 12.5 Å². The van der Waals surface area contributed by atoms with Crippen molar-refractivity contribution in [1.29, 1.82) is 0 Å². The number of rotatable bonds is 5. The van der Waals surface area contributed by atoms with E-state index < -0.39 is 10.8 Å². The molecule has 6 nitrogen and oxygen atoms in total. The predicted molar refractivity (Wildman–Crippen MR) is 102 cm³/mol. The van der Waals surface area contributed by atoms with Crippen LogP contribution in [-0.2, 0) is 17.3 Å². The highest BCUT2D eigenvalue weighted by Crippen LogP contribution is 2.25. The van der Waals surface area contributed by atoms with E-state index in [-0.39, 0.29) is 0 Å². The van der Waals surface area contributed by atoms with Crippen molar-refractivity contribution in [2.24, 2.45) is 0 Å². The Kier molecular flexibility index (Phi) is 4.45. The van der Waals surface area contributed by atoms with Gasteiger partial charge in [0.1, 0.15) is 0 Å². The molecule has 1 atom stereocenters. The number of anilines is 1. The number of pyridine rings is 2. The summed E-state index contributed by atoms with van der Waals surface area (Å²) in [6.45, 7) is 0.560. The molecule has 4 rings (SSSR count). The third kappa shape index (κ3) is 3.34. The van der Waals surface area contributed by atoms with Crippen LogP contribution in [0.25, 0.3) is 16.8 Å². The summed E-state index contributed by atoms with van der Waals surface area (Å²) in [7, 11) is -0.987. The highest BCUT2D eigenvalue weighted by molar-refractivity contribution is 7.84. The number of hydrogen-bond donors (Lipinski definition) is 1. The first-order valence-electron chi connectivity index (χ1n) is 8.14. The Morgan fingerprint density at radius 3 is 2.65 bits per heavy atom. The number of nitrogens with zero attached hydrogens (tertiary/aromatic N) is 4. The predicted octanol–water partition coefficient (Wildman–Crippen LogP) is 3.14. The van der Waals surface area contributed by atoms with Crippen molar-refractivity contribution in [3.8, 4) is 11.1 Å². The van der Waals surface area contributed by atoms with Crippen LogP contribution in [0.2, 0.25) is 0 Å². The molecule has 0 fully saturated rings. The van der Waals surface area contributed by atoms with E-state index in [9.17, 15) is 4.21 Å². The van der Waals surface area contributed by atoms with Crippen LogP contribution in [0.1, 0.15) is 5.69 Å². The normalized spacial score (nSPS) is 12.2. The fourth-order valence-electron chi connectivity index (χ4n) is 2.70. The lowest BCUT2D eigenvalue weighted by Crippen LogP contribution is -2.02. The van der Waals surface area contributed by atoms with Gasteiger partial charge in [0.2, 0.25) is 5.95 Å². The summed E-state index contributed by atoms with van der Waals surface area (Å²) in [6.07, 6.45) is 5.31. The minimum atomic E-state index is -0.987. The van der Waals surface area contributed by atoms with Crippen molar-refractivity contribution in [3.05, 3.63) is 72.7 Å². The van der Waals surface area contributed by atoms with Gasteiger partial charge in [0, 0.05) is 39.9 Å². The highest BCUT2D eigenvalue weighted by Gasteiger charge is 2.10. The summed E-state index contributed by atoms with van der Waals surface area (Å²) in [5, 5.41) is 7.69. The number of hydrogen-bond acceptors (Lipinski definition) is 5. The van der Waals surface area contributed by atoms with E-state index in [1.165, 1.54) is 0 Å². The Balaban J connectivity index is 1.64. The standard InChI is InChI=1S/C19H17N5OS/c1-26(25)16-9-7-14(8-10-16)17-6-4-12-24-18(17)22-19(23-24)21-13-15-5-2-3-11-20-15/h2-12H,13H2,1H3,(H,21,23). The van der Waals surface area contributed by atoms with Gasteiger partial charge < -0.3 is 5.32 Å². The summed E-state index contributed by atoms with van der Waals surface area (Å²) in [4.78, 5) is 9.71. The number of fused-ring (bicyclic) bond motifs is 1. The smallest absolute Gasteiger partial charge is 0.243 e. The molecule has 26 heavy (non-hydrogen) atoms. The van der Waals surface area contributed by atoms with Gasteiger partial charge in [0.25, 0.3) is 0 Å². The molecule has 3 aromatic heterocycles. The zero-order chi connectivity index (χ0) is 17.9. The van der Waals surface area contributed by atoms with Crippen molar-refractivity contribution in [3.63, 3.8) is 0 Å². The van der Waals surface area contributed by atoms with Gasteiger partial charge in [-0.2, -0.15) is 4.98 Å². The van der Waals surface area contributed by atoms with Gasteiger partial charge in [0.15, 0.2) is 5.65 Å². The first-order valence-corrected chi connectivity index (χ1v) is 9.69. The lowest BCUT2D eigenvalue weighted by molar-refractivity contribution is 0.687. The molecule has 0 radical (unpaired) electrons. The van der Waals surface area contributed by atoms with E-state index >= 15 is 0 Å². The van der Waals surface area contributed by atoms with E-state index in [1.807, 2.05) is 60.8 Å². The van der Waals surface area contributed by atoms with Gasteiger partial charge in [-0.05, 0) is 42.0 Å². The molecule has 1 unspecified atom stereocenters. The van der Waals surface area contributed by atoms with Crippen molar-refractivity contribution >= 4 is 22.4 Å². The number of benzene rings is 1. The van der Waals surface area contributed by atoms with Gasteiger partial charge >= 0.3 is 0 Å². The Hall–Kier alpha value is -3.06. The van der Waals surface area contributed by atoms with Crippen molar-refractivity contribution < 1.29 is 4.21 Å². The van der Waals surface area contributed by atoms with Crippen LogP contribution in [0.15, 0.2) is 71.9 Å². The van der Waals surface area contributed by atoms with Crippen LogP contribution in [0.4, 0.5) is 5.95 Å². The van der Waals surface area contributed by atoms with Crippen molar-refractivity contribution in [2.45, 2.75) is 11.4 Å². The molecule has 0 aliphatic heterocycles. The lowest BCUT2D eigenvalue weighted by Gasteiger charge is -2.04. The molecule has 0 bridgehead atoms. The molecule has 1 aromatic carbocycles. The molecule has 0 amide bonds. The van der Waals surface area contributed by atoms with Crippen LogP contribution >= 0.6 is 0 Å². The molecule has 0 saturated heterocycles. The van der Waals surface area contributed by atoms with E-state index in [0.717, 1.165) is 27.4 Å². The van der Waals surface area contributed by atoms with Gasteiger partial charge in [-0.1, -0.05) is 18.2 Å². The third-order valence-electron chi connectivity index (χ3n) is 4.01. The molecule has 130 valence electrons. The Morgan fingerprint density at radius 2 is 1.92 bits per heavy atom. The minimum Gasteiger partial charge on any atom is -0.347 e. The third-order valence-corrected chi connectivity index (χ3v) is 4.95. The Labute approximate surface area is 153 Å². The quantitative estimate of drug-likeness (QED) is 0.590. The van der Waals surface area contributed by atoms with Crippen LogP contribution in [0.3, 0.4) is 0 Å². The van der Waals surface area contributed by atoms with Crippen molar-refractivity contribution in [1.82, 2.24) is 19.6 Å². The second-order valence-electron chi connectivity index (χ2n) is 5.78.